The van der Waals surface area contributed by atoms with Crippen LogP contribution in [0.15, 0.2) is 74.4 Å². The minimum absolute atomic E-state index is 0.180. The second-order valence-corrected chi connectivity index (χ2v) is 9.55. The molecule has 0 aliphatic carbocycles. The highest BCUT2D eigenvalue weighted by Gasteiger charge is 2.19. The third-order valence-electron chi connectivity index (χ3n) is 4.45. The third kappa shape index (κ3) is 3.32. The molecule has 0 aliphatic heterocycles. The van der Waals surface area contributed by atoms with Crippen LogP contribution >= 0.6 is 54.8 Å². The summed E-state index contributed by atoms with van der Waals surface area (Å²) in [4.78, 5) is 23.1. The first-order chi connectivity index (χ1) is 14.0. The molecule has 0 spiro atoms. The van der Waals surface area contributed by atoms with Gasteiger partial charge in [-0.05, 0) is 46.3 Å². The molecule has 0 saturated heterocycles. The second-order valence-electron chi connectivity index (χ2n) is 6.33. The van der Waals surface area contributed by atoms with Crippen molar-refractivity contribution in [3.05, 3.63) is 85.0 Å². The van der Waals surface area contributed by atoms with Gasteiger partial charge in [0.1, 0.15) is 5.82 Å². The largest absolute Gasteiger partial charge is 0.268 e. The lowest BCUT2D eigenvalue weighted by Crippen LogP contribution is -2.22. The quantitative estimate of drug-likeness (QED) is 0.243. The van der Waals surface area contributed by atoms with Crippen LogP contribution in [0, 0.1) is 0 Å². The minimum Gasteiger partial charge on any atom is -0.268 e. The predicted molar refractivity (Wildman–Crippen MR) is 126 cm³/mol. The maximum Gasteiger partial charge on any atom is 0.268 e. The third-order valence-corrected chi connectivity index (χ3v) is 6.77. The van der Waals surface area contributed by atoms with E-state index in [1.807, 2.05) is 48.5 Å². The molecule has 0 radical (unpaired) electrons. The summed E-state index contributed by atoms with van der Waals surface area (Å²) >= 11 is 14.5. The number of nitrogens with zero attached hydrogens (tertiary/aromatic N) is 3. The van der Waals surface area contributed by atoms with E-state index >= 15 is 0 Å². The second kappa shape index (κ2) is 7.32. The molecule has 142 valence electrons. The van der Waals surface area contributed by atoms with Crippen LogP contribution in [-0.2, 0) is 0 Å². The van der Waals surface area contributed by atoms with E-state index < -0.39 is 0 Å². The van der Waals surface area contributed by atoms with Crippen molar-refractivity contribution in [2.75, 3.05) is 0 Å². The Bertz CT molecular complexity index is 1460. The summed E-state index contributed by atoms with van der Waals surface area (Å²) in [7, 11) is 0. The van der Waals surface area contributed by atoms with E-state index in [1.54, 1.807) is 16.7 Å². The van der Waals surface area contributed by atoms with Gasteiger partial charge < -0.3 is 0 Å². The maximum absolute atomic E-state index is 13.6. The molecule has 0 amide bonds. The van der Waals surface area contributed by atoms with Gasteiger partial charge in [-0.3, -0.25) is 4.79 Å². The Labute approximate surface area is 191 Å². The Morgan fingerprint density at radius 3 is 2.55 bits per heavy atom. The topological polar surface area (TPSA) is 47.8 Å². The van der Waals surface area contributed by atoms with Gasteiger partial charge in [0.05, 0.1) is 21.1 Å². The molecule has 0 N–H and O–H groups in total. The van der Waals surface area contributed by atoms with Crippen LogP contribution in [0.4, 0.5) is 0 Å². The summed E-state index contributed by atoms with van der Waals surface area (Å²) < 4.78 is 4.07. The van der Waals surface area contributed by atoms with Crippen LogP contribution in [0.5, 0.6) is 0 Å². The number of rotatable bonds is 2. The summed E-state index contributed by atoms with van der Waals surface area (Å²) in [5, 5.41) is 1.66. The van der Waals surface area contributed by atoms with Crippen molar-refractivity contribution >= 4 is 75.9 Å². The van der Waals surface area contributed by atoms with E-state index in [9.17, 15) is 4.79 Å². The lowest BCUT2D eigenvalue weighted by Gasteiger charge is -2.12. The van der Waals surface area contributed by atoms with Crippen LogP contribution in [0.25, 0.3) is 37.6 Å². The zero-order chi connectivity index (χ0) is 20.1. The van der Waals surface area contributed by atoms with E-state index in [0.717, 1.165) is 24.7 Å². The fraction of sp³-hybridized carbons (Fsp3) is 0. The van der Waals surface area contributed by atoms with Crippen LogP contribution in [0.1, 0.15) is 0 Å². The Kier molecular flexibility index (Phi) is 4.78. The van der Waals surface area contributed by atoms with Gasteiger partial charge in [0.2, 0.25) is 0 Å². The molecule has 3 aromatic carbocycles. The molecular formula is C21H10Br2ClN3OS. The van der Waals surface area contributed by atoms with Crippen molar-refractivity contribution in [2.45, 2.75) is 0 Å². The lowest BCUT2D eigenvalue weighted by molar-refractivity contribution is 0.964. The zero-order valence-corrected chi connectivity index (χ0v) is 19.3. The Morgan fingerprint density at radius 2 is 1.76 bits per heavy atom. The van der Waals surface area contributed by atoms with Crippen molar-refractivity contribution in [1.29, 1.82) is 0 Å². The summed E-state index contributed by atoms with van der Waals surface area (Å²) in [5.41, 5.74) is 2.01. The Hall–Kier alpha value is -2.06. The maximum atomic E-state index is 13.6. The number of benzene rings is 3. The van der Waals surface area contributed by atoms with Crippen LogP contribution < -0.4 is 5.56 Å². The van der Waals surface area contributed by atoms with Crippen molar-refractivity contribution in [3.63, 3.8) is 0 Å². The lowest BCUT2D eigenvalue weighted by atomic mass is 10.2. The first-order valence-electron chi connectivity index (χ1n) is 8.55. The first kappa shape index (κ1) is 18.9. The van der Waals surface area contributed by atoms with Gasteiger partial charge in [0.25, 0.3) is 5.56 Å². The van der Waals surface area contributed by atoms with Gasteiger partial charge >= 0.3 is 0 Å². The number of thiazole rings is 1. The molecule has 8 heteroatoms. The highest BCUT2D eigenvalue weighted by atomic mass is 79.9. The van der Waals surface area contributed by atoms with E-state index in [1.165, 1.54) is 11.3 Å². The summed E-state index contributed by atoms with van der Waals surface area (Å²) in [5.74, 6) is 0.538. The average molecular weight is 548 g/mol. The zero-order valence-electron chi connectivity index (χ0n) is 14.6. The highest BCUT2D eigenvalue weighted by molar-refractivity contribution is 9.11. The molecule has 0 unspecified atom stereocenters. The number of halogens is 3. The standard InChI is InChI=1S/C21H10Br2ClN3OS/c22-12-8-14-18(15(23)9-12)26-19(11-4-2-1-3-5-11)27(20(14)28)21-25-16-10-13(24)6-7-17(16)29-21/h1-10H. The number of hydrogen-bond donors (Lipinski definition) is 0. The van der Waals surface area contributed by atoms with E-state index in [4.69, 9.17) is 16.6 Å². The SMILES string of the molecule is O=c1c2cc(Br)cc(Br)c2nc(-c2ccccc2)n1-c1nc2cc(Cl)ccc2s1. The molecule has 0 bridgehead atoms. The van der Waals surface area contributed by atoms with Gasteiger partial charge in [0.15, 0.2) is 5.13 Å². The fourth-order valence-electron chi connectivity index (χ4n) is 3.16. The Balaban J connectivity index is 1.91. The van der Waals surface area contributed by atoms with Gasteiger partial charge in [-0.1, -0.05) is 69.2 Å². The van der Waals surface area contributed by atoms with Crippen LogP contribution in [0.3, 0.4) is 0 Å². The number of aromatic nitrogens is 3. The van der Waals surface area contributed by atoms with Crippen molar-refractivity contribution in [2.24, 2.45) is 0 Å². The normalized spacial score (nSPS) is 11.4. The van der Waals surface area contributed by atoms with E-state index in [0.29, 0.717) is 26.9 Å². The molecule has 5 aromatic rings. The average Bonchev–Trinajstić information content (AvgIpc) is 3.11. The summed E-state index contributed by atoms with van der Waals surface area (Å²) in [6.07, 6.45) is 0. The summed E-state index contributed by atoms with van der Waals surface area (Å²) in [6.45, 7) is 0. The van der Waals surface area contributed by atoms with Gasteiger partial charge in [-0.25, -0.2) is 14.5 Å². The molecule has 2 aromatic heterocycles. The first-order valence-corrected chi connectivity index (χ1v) is 11.3. The predicted octanol–water partition coefficient (Wildman–Crippen LogP) is 6.84. The summed E-state index contributed by atoms with van der Waals surface area (Å²) in [6, 6.07) is 18.8. The highest BCUT2D eigenvalue weighted by Crippen LogP contribution is 2.32. The smallest absolute Gasteiger partial charge is 0.268 e. The van der Waals surface area contributed by atoms with Crippen molar-refractivity contribution < 1.29 is 0 Å². The number of fused-ring (bicyclic) bond motifs is 2. The molecule has 0 fully saturated rings. The molecule has 29 heavy (non-hydrogen) atoms. The number of hydrogen-bond acceptors (Lipinski definition) is 4. The molecule has 0 saturated carbocycles. The van der Waals surface area contributed by atoms with E-state index in [-0.39, 0.29) is 5.56 Å². The molecule has 5 rings (SSSR count). The van der Waals surface area contributed by atoms with Crippen LogP contribution in [0.2, 0.25) is 5.02 Å². The monoisotopic (exact) mass is 545 g/mol. The van der Waals surface area contributed by atoms with Gasteiger partial charge in [0, 0.05) is 19.5 Å². The van der Waals surface area contributed by atoms with Gasteiger partial charge in [-0.15, -0.1) is 0 Å². The van der Waals surface area contributed by atoms with Crippen LogP contribution in [-0.4, -0.2) is 14.5 Å². The molecule has 0 atom stereocenters. The van der Waals surface area contributed by atoms with Crippen molar-refractivity contribution in [3.8, 4) is 16.5 Å². The molecule has 0 aliphatic rings. The molecular weight excluding hydrogens is 538 g/mol. The van der Waals surface area contributed by atoms with Gasteiger partial charge in [-0.2, -0.15) is 0 Å². The molecule has 4 nitrogen and oxygen atoms in total. The fourth-order valence-corrected chi connectivity index (χ4v) is 5.58. The minimum atomic E-state index is -0.180. The molecule has 2 heterocycles. The van der Waals surface area contributed by atoms with Crippen molar-refractivity contribution in [1.82, 2.24) is 14.5 Å². The van der Waals surface area contributed by atoms with E-state index in [2.05, 4.69) is 36.8 Å². The Morgan fingerprint density at radius 1 is 0.966 bits per heavy atom.